The average molecular weight is 355 g/mol. The van der Waals surface area contributed by atoms with Gasteiger partial charge in [-0.2, -0.15) is 5.10 Å². The van der Waals surface area contributed by atoms with E-state index in [1.165, 1.54) is 28.6 Å². The van der Waals surface area contributed by atoms with Crippen molar-refractivity contribution in [2.75, 3.05) is 18.0 Å². The Balaban J connectivity index is 1.96. The summed E-state index contributed by atoms with van der Waals surface area (Å²) in [6.45, 7) is 8.43. The third-order valence-electron chi connectivity index (χ3n) is 3.96. The molecule has 0 aromatic heterocycles. The average Bonchev–Trinajstić information content (AvgIpc) is 2.63. The lowest BCUT2D eigenvalue weighted by Gasteiger charge is -2.21. The summed E-state index contributed by atoms with van der Waals surface area (Å²) in [5, 5.41) is 8.68. The van der Waals surface area contributed by atoms with Gasteiger partial charge < -0.3 is 10.6 Å². The summed E-state index contributed by atoms with van der Waals surface area (Å²) in [5.41, 5.74) is 10.6. The molecule has 0 aliphatic carbocycles. The Morgan fingerprint density at radius 3 is 2.48 bits per heavy atom. The first-order valence-electron chi connectivity index (χ1n) is 8.52. The van der Waals surface area contributed by atoms with E-state index in [0.717, 1.165) is 24.4 Å². The number of hydrogen-bond acceptors (Lipinski definition) is 4. The van der Waals surface area contributed by atoms with Crippen molar-refractivity contribution in [2.45, 2.75) is 26.5 Å². The fourth-order valence-corrected chi connectivity index (χ4v) is 3.11. The molecule has 0 amide bonds. The summed E-state index contributed by atoms with van der Waals surface area (Å²) in [6, 6.07) is 16.6. The molecule has 0 spiro atoms. The first-order valence-corrected chi connectivity index (χ1v) is 9.51. The Morgan fingerprint density at radius 1 is 1.12 bits per heavy atom. The monoisotopic (exact) mass is 354 g/mol. The van der Waals surface area contributed by atoms with E-state index in [1.807, 2.05) is 18.2 Å². The van der Waals surface area contributed by atoms with Crippen LogP contribution in [0.2, 0.25) is 0 Å². The zero-order chi connectivity index (χ0) is 18.1. The van der Waals surface area contributed by atoms with Crippen LogP contribution in [0.25, 0.3) is 0 Å². The molecule has 132 valence electrons. The van der Waals surface area contributed by atoms with Crippen LogP contribution in [0.15, 0.2) is 58.7 Å². The fraction of sp³-hybridized carbons (Fsp3) is 0.300. The summed E-state index contributed by atoms with van der Waals surface area (Å²) in [7, 11) is 0. The summed E-state index contributed by atoms with van der Waals surface area (Å²) >= 11 is 1.49. The number of rotatable bonds is 7. The molecule has 4 nitrogen and oxygen atoms in total. The maximum atomic E-state index is 5.92. The molecular weight excluding hydrogens is 328 g/mol. The lowest BCUT2D eigenvalue weighted by atomic mass is 10.1. The Hall–Kier alpha value is -2.27. The van der Waals surface area contributed by atoms with Gasteiger partial charge in [0.25, 0.3) is 0 Å². The maximum Gasteiger partial charge on any atom is 0.180 e. The van der Waals surface area contributed by atoms with Gasteiger partial charge in [0, 0.05) is 24.5 Å². The van der Waals surface area contributed by atoms with Crippen LogP contribution in [0.5, 0.6) is 0 Å². The molecule has 0 atom stereocenters. The lowest BCUT2D eigenvalue weighted by Crippen LogP contribution is -2.21. The van der Waals surface area contributed by atoms with Gasteiger partial charge in [-0.25, -0.2) is 0 Å². The standard InChI is InChI=1S/C20H26N4S/c1-4-24(5-2)19-12-11-18(16(3)13-19)14-22-23-20(21)25-15-17-9-7-6-8-10-17/h6-14H,4-5,15H2,1-3H3,(H2,21,23). The van der Waals surface area contributed by atoms with Crippen molar-refractivity contribution in [1.82, 2.24) is 0 Å². The third-order valence-corrected chi connectivity index (χ3v) is 4.82. The second-order valence-corrected chi connectivity index (χ2v) is 6.67. The molecule has 0 unspecified atom stereocenters. The minimum atomic E-state index is 0.470. The largest absolute Gasteiger partial charge is 0.377 e. The highest BCUT2D eigenvalue weighted by molar-refractivity contribution is 8.13. The van der Waals surface area contributed by atoms with Crippen molar-refractivity contribution in [3.8, 4) is 0 Å². The summed E-state index contributed by atoms with van der Waals surface area (Å²) in [5.74, 6) is 0.795. The van der Waals surface area contributed by atoms with Crippen LogP contribution in [0.1, 0.15) is 30.5 Å². The molecule has 0 aliphatic heterocycles. The van der Waals surface area contributed by atoms with Crippen molar-refractivity contribution >= 4 is 28.8 Å². The molecule has 0 fully saturated rings. The van der Waals surface area contributed by atoms with Crippen LogP contribution in [-0.4, -0.2) is 24.5 Å². The molecule has 0 aliphatic rings. The number of aryl methyl sites for hydroxylation is 1. The SMILES string of the molecule is CCN(CC)c1ccc(C=NN=C(N)SCc2ccccc2)c(C)c1. The quantitative estimate of drug-likeness (QED) is 0.455. The highest BCUT2D eigenvalue weighted by atomic mass is 32.2. The van der Waals surface area contributed by atoms with E-state index in [0.29, 0.717) is 5.17 Å². The number of hydrogen-bond donors (Lipinski definition) is 1. The van der Waals surface area contributed by atoms with Crippen molar-refractivity contribution in [3.63, 3.8) is 0 Å². The lowest BCUT2D eigenvalue weighted by molar-refractivity contribution is 0.865. The van der Waals surface area contributed by atoms with E-state index in [4.69, 9.17) is 5.73 Å². The molecule has 2 rings (SSSR count). The zero-order valence-electron chi connectivity index (χ0n) is 15.1. The normalized spacial score (nSPS) is 11.9. The molecule has 0 saturated heterocycles. The van der Waals surface area contributed by atoms with Crippen molar-refractivity contribution < 1.29 is 0 Å². The second-order valence-electron chi connectivity index (χ2n) is 5.67. The van der Waals surface area contributed by atoms with Crippen molar-refractivity contribution in [2.24, 2.45) is 15.9 Å². The van der Waals surface area contributed by atoms with Crippen molar-refractivity contribution in [3.05, 3.63) is 65.2 Å². The van der Waals surface area contributed by atoms with Gasteiger partial charge in [-0.1, -0.05) is 48.2 Å². The molecule has 2 N–H and O–H groups in total. The van der Waals surface area contributed by atoms with Gasteiger partial charge in [0.15, 0.2) is 5.17 Å². The van der Waals surface area contributed by atoms with Crippen LogP contribution < -0.4 is 10.6 Å². The molecule has 2 aromatic rings. The first-order chi connectivity index (χ1) is 12.1. The van der Waals surface area contributed by atoms with E-state index in [9.17, 15) is 0 Å². The molecular formula is C20H26N4S. The van der Waals surface area contributed by atoms with E-state index in [-0.39, 0.29) is 0 Å². The van der Waals surface area contributed by atoms with Gasteiger partial charge in [0.05, 0.1) is 6.21 Å². The highest BCUT2D eigenvalue weighted by Gasteiger charge is 2.03. The van der Waals surface area contributed by atoms with Gasteiger partial charge in [0.2, 0.25) is 0 Å². The number of anilines is 1. The number of nitrogens with zero attached hydrogens (tertiary/aromatic N) is 3. The predicted octanol–water partition coefficient (Wildman–Crippen LogP) is 4.42. The molecule has 0 saturated carbocycles. The highest BCUT2D eigenvalue weighted by Crippen LogP contribution is 2.18. The van der Waals surface area contributed by atoms with Crippen LogP contribution in [0.3, 0.4) is 0 Å². The Labute approximate surface area is 154 Å². The fourth-order valence-electron chi connectivity index (χ4n) is 2.50. The van der Waals surface area contributed by atoms with Gasteiger partial charge in [0.1, 0.15) is 0 Å². The van der Waals surface area contributed by atoms with Gasteiger partial charge in [-0.3, -0.25) is 0 Å². The van der Waals surface area contributed by atoms with E-state index in [1.54, 1.807) is 6.21 Å². The molecule has 0 radical (unpaired) electrons. The van der Waals surface area contributed by atoms with Crippen LogP contribution in [0, 0.1) is 6.92 Å². The minimum absolute atomic E-state index is 0.470. The number of amidine groups is 1. The van der Waals surface area contributed by atoms with Crippen LogP contribution in [0.4, 0.5) is 5.69 Å². The Morgan fingerprint density at radius 2 is 1.84 bits per heavy atom. The smallest absolute Gasteiger partial charge is 0.180 e. The van der Waals surface area contributed by atoms with Gasteiger partial charge in [-0.05, 0) is 49.6 Å². The molecule has 25 heavy (non-hydrogen) atoms. The van der Waals surface area contributed by atoms with E-state index < -0.39 is 0 Å². The van der Waals surface area contributed by atoms with E-state index in [2.05, 4.69) is 66.2 Å². The third kappa shape index (κ3) is 5.94. The Kier molecular flexibility index (Phi) is 7.54. The maximum absolute atomic E-state index is 5.92. The molecule has 5 heteroatoms. The summed E-state index contributed by atoms with van der Waals surface area (Å²) in [6.07, 6.45) is 1.76. The Bertz CT molecular complexity index is 722. The second kappa shape index (κ2) is 9.89. The van der Waals surface area contributed by atoms with Gasteiger partial charge in [-0.15, -0.1) is 5.10 Å². The topological polar surface area (TPSA) is 54.0 Å². The number of nitrogens with two attached hydrogens (primary N) is 1. The minimum Gasteiger partial charge on any atom is -0.377 e. The van der Waals surface area contributed by atoms with Gasteiger partial charge >= 0.3 is 0 Å². The molecule has 2 aromatic carbocycles. The zero-order valence-corrected chi connectivity index (χ0v) is 16.0. The van der Waals surface area contributed by atoms with Crippen molar-refractivity contribution in [1.29, 1.82) is 0 Å². The summed E-state index contributed by atoms with van der Waals surface area (Å²) in [4.78, 5) is 2.32. The first kappa shape index (κ1) is 19.1. The molecule has 0 heterocycles. The summed E-state index contributed by atoms with van der Waals surface area (Å²) < 4.78 is 0. The van der Waals surface area contributed by atoms with Crippen LogP contribution in [-0.2, 0) is 5.75 Å². The van der Waals surface area contributed by atoms with Crippen LogP contribution >= 0.6 is 11.8 Å². The number of thioether (sulfide) groups is 1. The molecule has 0 bridgehead atoms. The predicted molar refractivity (Wildman–Crippen MR) is 112 cm³/mol. The van der Waals surface area contributed by atoms with E-state index >= 15 is 0 Å². The number of benzene rings is 2.